The third-order valence-corrected chi connectivity index (χ3v) is 3.02. The van der Waals surface area contributed by atoms with Crippen molar-refractivity contribution in [2.24, 2.45) is 0 Å². The Labute approximate surface area is 126 Å². The second-order valence-corrected chi connectivity index (χ2v) is 5.43. The van der Waals surface area contributed by atoms with Gasteiger partial charge in [-0.2, -0.15) is 0 Å². The fourth-order valence-electron chi connectivity index (χ4n) is 1.64. The van der Waals surface area contributed by atoms with Crippen molar-refractivity contribution in [2.75, 3.05) is 20.1 Å². The molecule has 0 fully saturated rings. The lowest BCUT2D eigenvalue weighted by atomic mass is 10.0. The number of nitrogens with one attached hydrogen (secondary N) is 1. The highest BCUT2D eigenvalue weighted by Crippen LogP contribution is 2.10. The topological polar surface area (TPSA) is 69.6 Å². The fourth-order valence-corrected chi connectivity index (χ4v) is 1.78. The maximum atomic E-state index is 11.7. The summed E-state index contributed by atoms with van der Waals surface area (Å²) in [5.74, 6) is -0.955. The molecular weight excluding hydrogens is 324 g/mol. The minimum absolute atomic E-state index is 0.224. The monoisotopic (exact) mass is 340 g/mol. The molecule has 0 aliphatic heterocycles. The van der Waals surface area contributed by atoms with E-state index in [0.29, 0.717) is 29.6 Å². The number of halogens is 1. The van der Waals surface area contributed by atoms with Crippen LogP contribution in [0.4, 0.5) is 4.79 Å². The highest BCUT2D eigenvalue weighted by molar-refractivity contribution is 9.11. The van der Waals surface area contributed by atoms with E-state index in [4.69, 9.17) is 5.11 Å². The van der Waals surface area contributed by atoms with Gasteiger partial charge in [-0.25, -0.2) is 9.59 Å². The van der Waals surface area contributed by atoms with E-state index in [2.05, 4.69) is 27.8 Å². The number of amides is 2. The van der Waals surface area contributed by atoms with Gasteiger partial charge < -0.3 is 15.3 Å². The summed E-state index contributed by atoms with van der Waals surface area (Å²) in [7, 11) is 1.66. The molecule has 1 rings (SSSR count). The van der Waals surface area contributed by atoms with Crippen molar-refractivity contribution in [1.82, 2.24) is 10.2 Å². The van der Waals surface area contributed by atoms with Crippen LogP contribution >= 0.6 is 15.9 Å². The van der Waals surface area contributed by atoms with Crippen LogP contribution in [-0.2, 0) is 6.42 Å². The Hall–Kier alpha value is -1.82. The molecule has 0 spiro atoms. The number of urea groups is 1. The van der Waals surface area contributed by atoms with E-state index in [-0.39, 0.29) is 11.6 Å². The van der Waals surface area contributed by atoms with Crippen molar-refractivity contribution in [3.8, 4) is 0 Å². The average Bonchev–Trinajstić information content (AvgIpc) is 2.42. The number of carbonyl (C=O) groups excluding carboxylic acids is 1. The van der Waals surface area contributed by atoms with Gasteiger partial charge in [0.05, 0.1) is 12.1 Å². The van der Waals surface area contributed by atoms with Crippen molar-refractivity contribution in [3.05, 3.63) is 46.5 Å². The van der Waals surface area contributed by atoms with Crippen LogP contribution in [0.2, 0.25) is 0 Å². The molecule has 0 atom stereocenters. The van der Waals surface area contributed by atoms with Gasteiger partial charge in [0.2, 0.25) is 0 Å². The van der Waals surface area contributed by atoms with E-state index >= 15 is 0 Å². The molecule has 0 aliphatic rings. The van der Waals surface area contributed by atoms with Crippen LogP contribution in [0, 0.1) is 0 Å². The van der Waals surface area contributed by atoms with Gasteiger partial charge in [-0.05, 0) is 18.1 Å². The summed E-state index contributed by atoms with van der Waals surface area (Å²) >= 11 is 3.16. The second kappa shape index (κ2) is 7.69. The molecule has 1 aromatic carbocycles. The molecule has 0 heterocycles. The van der Waals surface area contributed by atoms with Gasteiger partial charge in [-0.3, -0.25) is 0 Å². The summed E-state index contributed by atoms with van der Waals surface area (Å²) in [6.07, 6.45) is 0.488. The van der Waals surface area contributed by atoms with Crippen LogP contribution in [0.3, 0.4) is 0 Å². The van der Waals surface area contributed by atoms with E-state index in [9.17, 15) is 9.59 Å². The number of hydrogen-bond acceptors (Lipinski definition) is 2. The van der Waals surface area contributed by atoms with Crippen LogP contribution in [0.1, 0.15) is 15.9 Å². The molecule has 0 saturated heterocycles. The first-order valence-corrected chi connectivity index (χ1v) is 6.84. The van der Waals surface area contributed by atoms with Crippen LogP contribution in [0.15, 0.2) is 35.3 Å². The van der Waals surface area contributed by atoms with Gasteiger partial charge in [-0.1, -0.05) is 40.7 Å². The third-order valence-electron chi connectivity index (χ3n) is 2.74. The molecule has 0 unspecified atom stereocenters. The number of carboxylic acids is 1. The Bertz CT molecular complexity index is 517. The number of likely N-dealkylation sites (N-methyl/N-ethyl adjacent to an activating group) is 1. The van der Waals surface area contributed by atoms with E-state index in [1.807, 2.05) is 0 Å². The molecule has 2 N–H and O–H groups in total. The molecular formula is C14H17BrN2O3. The summed E-state index contributed by atoms with van der Waals surface area (Å²) in [5, 5.41) is 11.8. The zero-order valence-corrected chi connectivity index (χ0v) is 12.8. The zero-order valence-electron chi connectivity index (χ0n) is 11.2. The number of nitrogens with zero attached hydrogens (tertiary/aromatic N) is 1. The Morgan fingerprint density at radius 1 is 1.40 bits per heavy atom. The van der Waals surface area contributed by atoms with Gasteiger partial charge in [0.25, 0.3) is 0 Å². The molecule has 0 saturated carbocycles. The van der Waals surface area contributed by atoms with Crippen molar-refractivity contribution >= 4 is 27.9 Å². The SMILES string of the molecule is C=C(Br)CNC(=O)N(C)CCc1ccccc1C(=O)O. The highest BCUT2D eigenvalue weighted by atomic mass is 79.9. The van der Waals surface area contributed by atoms with Gasteiger partial charge >= 0.3 is 12.0 Å². The largest absolute Gasteiger partial charge is 0.478 e. The van der Waals surface area contributed by atoms with Crippen molar-refractivity contribution in [1.29, 1.82) is 0 Å². The molecule has 5 nitrogen and oxygen atoms in total. The van der Waals surface area contributed by atoms with Crippen LogP contribution in [-0.4, -0.2) is 42.1 Å². The Kier molecular flexibility index (Phi) is 6.24. The number of aromatic carboxylic acids is 1. The molecule has 0 radical (unpaired) electrons. The predicted octanol–water partition coefficient (Wildman–Crippen LogP) is 2.48. The van der Waals surface area contributed by atoms with Crippen LogP contribution in [0.5, 0.6) is 0 Å². The summed E-state index contributed by atoms with van der Waals surface area (Å²) < 4.78 is 0.690. The van der Waals surface area contributed by atoms with Gasteiger partial charge in [0.1, 0.15) is 0 Å². The van der Waals surface area contributed by atoms with E-state index in [0.717, 1.165) is 0 Å². The maximum Gasteiger partial charge on any atom is 0.335 e. The molecule has 0 bridgehead atoms. The smallest absolute Gasteiger partial charge is 0.335 e. The van der Waals surface area contributed by atoms with E-state index < -0.39 is 5.97 Å². The first-order chi connectivity index (χ1) is 9.41. The molecule has 6 heteroatoms. The minimum Gasteiger partial charge on any atom is -0.478 e. The normalized spacial score (nSPS) is 9.90. The van der Waals surface area contributed by atoms with E-state index in [1.54, 1.807) is 31.3 Å². The Morgan fingerprint density at radius 3 is 2.65 bits per heavy atom. The van der Waals surface area contributed by atoms with E-state index in [1.165, 1.54) is 4.90 Å². The fraction of sp³-hybridized carbons (Fsp3) is 0.286. The first-order valence-electron chi connectivity index (χ1n) is 6.05. The Balaban J connectivity index is 2.56. The van der Waals surface area contributed by atoms with Gasteiger partial charge in [-0.15, -0.1) is 0 Å². The zero-order chi connectivity index (χ0) is 15.1. The van der Waals surface area contributed by atoms with Crippen molar-refractivity contribution in [2.45, 2.75) is 6.42 Å². The molecule has 2 amide bonds. The highest BCUT2D eigenvalue weighted by Gasteiger charge is 2.12. The van der Waals surface area contributed by atoms with Gasteiger partial charge in [0, 0.05) is 18.1 Å². The molecule has 0 aliphatic carbocycles. The van der Waals surface area contributed by atoms with Crippen LogP contribution in [0.25, 0.3) is 0 Å². The predicted molar refractivity (Wildman–Crippen MR) is 81.2 cm³/mol. The minimum atomic E-state index is -0.955. The number of hydrogen-bond donors (Lipinski definition) is 2. The maximum absolute atomic E-state index is 11.7. The lowest BCUT2D eigenvalue weighted by Crippen LogP contribution is -2.38. The van der Waals surface area contributed by atoms with Gasteiger partial charge in [0.15, 0.2) is 0 Å². The second-order valence-electron chi connectivity index (χ2n) is 4.31. The number of rotatable bonds is 6. The summed E-state index contributed by atoms with van der Waals surface area (Å²) in [6.45, 7) is 4.42. The number of benzene rings is 1. The average molecular weight is 341 g/mol. The quantitative estimate of drug-likeness (QED) is 0.835. The molecule has 0 aromatic heterocycles. The van der Waals surface area contributed by atoms with Crippen molar-refractivity contribution < 1.29 is 14.7 Å². The standard InChI is InChI=1S/C14H17BrN2O3/c1-10(15)9-16-14(20)17(2)8-7-11-5-3-4-6-12(11)13(18)19/h3-6H,1,7-9H2,2H3,(H,16,20)(H,18,19). The van der Waals surface area contributed by atoms with Crippen LogP contribution < -0.4 is 5.32 Å². The number of carboxylic acid groups (broad SMARTS) is 1. The lowest BCUT2D eigenvalue weighted by Gasteiger charge is -2.18. The summed E-state index contributed by atoms with van der Waals surface area (Å²) in [6, 6.07) is 6.57. The summed E-state index contributed by atoms with van der Waals surface area (Å²) in [5.41, 5.74) is 0.986. The van der Waals surface area contributed by atoms with Crippen molar-refractivity contribution in [3.63, 3.8) is 0 Å². The molecule has 1 aromatic rings. The summed E-state index contributed by atoms with van der Waals surface area (Å²) in [4.78, 5) is 24.3. The molecule has 108 valence electrons. The lowest BCUT2D eigenvalue weighted by molar-refractivity contribution is 0.0695. The first kappa shape index (κ1) is 16.2. The Morgan fingerprint density at radius 2 is 2.05 bits per heavy atom. The molecule has 20 heavy (non-hydrogen) atoms. The third kappa shape index (κ3) is 5.05. The number of carbonyl (C=O) groups is 2.